The van der Waals surface area contributed by atoms with Gasteiger partial charge in [0.1, 0.15) is 22.8 Å². The number of rotatable bonds is 4. The quantitative estimate of drug-likeness (QED) is 0.750. The van der Waals surface area contributed by atoms with E-state index in [0.29, 0.717) is 22.0 Å². The molecule has 0 radical (unpaired) electrons. The number of carbonyl (C=O) groups excluding carboxylic acids is 1. The van der Waals surface area contributed by atoms with Crippen molar-refractivity contribution < 1.29 is 9.53 Å². The van der Waals surface area contributed by atoms with E-state index in [0.717, 1.165) is 11.2 Å². The van der Waals surface area contributed by atoms with Gasteiger partial charge in [-0.15, -0.1) is 0 Å². The number of anilines is 1. The van der Waals surface area contributed by atoms with Gasteiger partial charge in [0.25, 0.3) is 0 Å². The Balaban J connectivity index is 1.75. The number of pyridine rings is 1. The zero-order valence-electron chi connectivity index (χ0n) is 12.6. The number of esters is 1. The van der Waals surface area contributed by atoms with E-state index in [-0.39, 0.29) is 12.6 Å². The maximum absolute atomic E-state index is 12.2. The molecule has 22 heavy (non-hydrogen) atoms. The molecule has 3 aromatic rings. The standard InChI is InChI=1S/C15H16N4O2S/c1-9-4-5-12-17-11(7-19(12)6-9)8-21-15(20)13-10(2)18-22-14(13)16-3/h4-7,16H,8H2,1-3H3. The molecule has 0 bridgehead atoms. The Morgan fingerprint density at radius 1 is 1.36 bits per heavy atom. The minimum atomic E-state index is -0.385. The van der Waals surface area contributed by atoms with E-state index in [1.165, 1.54) is 11.5 Å². The molecule has 6 nitrogen and oxygen atoms in total. The maximum atomic E-state index is 12.2. The summed E-state index contributed by atoms with van der Waals surface area (Å²) in [5, 5.41) is 3.67. The third-order valence-corrected chi connectivity index (χ3v) is 4.25. The first-order chi connectivity index (χ1) is 10.6. The van der Waals surface area contributed by atoms with Gasteiger partial charge >= 0.3 is 5.97 Å². The van der Waals surface area contributed by atoms with Crippen molar-refractivity contribution in [2.24, 2.45) is 0 Å². The Labute approximate surface area is 131 Å². The number of nitrogens with zero attached hydrogens (tertiary/aromatic N) is 3. The van der Waals surface area contributed by atoms with Crippen molar-refractivity contribution >= 4 is 28.2 Å². The molecule has 3 heterocycles. The van der Waals surface area contributed by atoms with E-state index in [4.69, 9.17) is 4.74 Å². The van der Waals surface area contributed by atoms with Crippen LogP contribution < -0.4 is 5.32 Å². The number of hydrogen-bond donors (Lipinski definition) is 1. The molecule has 114 valence electrons. The zero-order valence-corrected chi connectivity index (χ0v) is 13.4. The summed E-state index contributed by atoms with van der Waals surface area (Å²) in [4.78, 5) is 16.6. The van der Waals surface area contributed by atoms with E-state index in [2.05, 4.69) is 14.7 Å². The molecule has 7 heteroatoms. The van der Waals surface area contributed by atoms with E-state index in [9.17, 15) is 4.79 Å². The highest BCUT2D eigenvalue weighted by Crippen LogP contribution is 2.24. The number of nitrogens with one attached hydrogen (secondary N) is 1. The third kappa shape index (κ3) is 2.67. The molecule has 0 aromatic carbocycles. The van der Waals surface area contributed by atoms with Crippen molar-refractivity contribution in [1.29, 1.82) is 0 Å². The van der Waals surface area contributed by atoms with Gasteiger partial charge in [0, 0.05) is 19.4 Å². The number of fused-ring (bicyclic) bond motifs is 1. The van der Waals surface area contributed by atoms with Crippen LogP contribution in [0.1, 0.15) is 27.3 Å². The van der Waals surface area contributed by atoms with Crippen LogP contribution in [0, 0.1) is 13.8 Å². The van der Waals surface area contributed by atoms with Crippen LogP contribution in [0.2, 0.25) is 0 Å². The summed E-state index contributed by atoms with van der Waals surface area (Å²) in [7, 11) is 1.76. The van der Waals surface area contributed by atoms with Crippen LogP contribution >= 0.6 is 11.5 Å². The van der Waals surface area contributed by atoms with E-state index in [1.54, 1.807) is 14.0 Å². The maximum Gasteiger partial charge on any atom is 0.343 e. The Kier molecular flexibility index (Phi) is 3.81. The summed E-state index contributed by atoms with van der Waals surface area (Å²) >= 11 is 1.25. The van der Waals surface area contributed by atoms with Gasteiger partial charge in [0.2, 0.25) is 0 Å². The van der Waals surface area contributed by atoms with Crippen molar-refractivity contribution in [2.45, 2.75) is 20.5 Å². The Morgan fingerprint density at radius 3 is 2.95 bits per heavy atom. The predicted molar refractivity (Wildman–Crippen MR) is 85.4 cm³/mol. The van der Waals surface area contributed by atoms with Crippen LogP contribution in [0.3, 0.4) is 0 Å². The first kappa shape index (κ1) is 14.5. The van der Waals surface area contributed by atoms with Crippen molar-refractivity contribution in [1.82, 2.24) is 13.8 Å². The fourth-order valence-corrected chi connectivity index (χ4v) is 2.95. The van der Waals surface area contributed by atoms with Crippen LogP contribution in [-0.4, -0.2) is 26.8 Å². The van der Waals surface area contributed by atoms with Crippen molar-refractivity contribution in [2.75, 3.05) is 12.4 Å². The molecule has 0 aliphatic heterocycles. The second-order valence-electron chi connectivity index (χ2n) is 5.00. The van der Waals surface area contributed by atoms with Gasteiger partial charge < -0.3 is 14.5 Å². The van der Waals surface area contributed by atoms with Gasteiger partial charge in [0.05, 0.1) is 11.4 Å². The Morgan fingerprint density at radius 2 is 2.18 bits per heavy atom. The lowest BCUT2D eigenvalue weighted by atomic mass is 10.2. The fourth-order valence-electron chi connectivity index (χ4n) is 2.22. The normalized spacial score (nSPS) is 10.9. The summed E-state index contributed by atoms with van der Waals surface area (Å²) in [5.74, 6) is -0.385. The molecule has 0 saturated carbocycles. The number of hydrogen-bond acceptors (Lipinski definition) is 6. The van der Waals surface area contributed by atoms with Crippen LogP contribution in [0.5, 0.6) is 0 Å². The molecule has 0 fully saturated rings. The fraction of sp³-hybridized carbons (Fsp3) is 0.267. The molecule has 3 aromatic heterocycles. The van der Waals surface area contributed by atoms with Gasteiger partial charge in [-0.3, -0.25) is 0 Å². The van der Waals surface area contributed by atoms with Crippen LogP contribution in [0.4, 0.5) is 5.00 Å². The van der Waals surface area contributed by atoms with Crippen LogP contribution in [-0.2, 0) is 11.3 Å². The minimum absolute atomic E-state index is 0.137. The average molecular weight is 316 g/mol. The van der Waals surface area contributed by atoms with Crippen molar-refractivity contribution in [3.05, 3.63) is 47.0 Å². The molecule has 0 spiro atoms. The molecule has 0 atom stereocenters. The molecule has 1 N–H and O–H groups in total. The largest absolute Gasteiger partial charge is 0.455 e. The zero-order chi connectivity index (χ0) is 15.7. The number of ether oxygens (including phenoxy) is 1. The highest BCUT2D eigenvalue weighted by atomic mass is 32.1. The summed E-state index contributed by atoms with van der Waals surface area (Å²) in [6.07, 6.45) is 3.85. The SMILES string of the molecule is CNc1snc(C)c1C(=O)OCc1cn2cc(C)ccc2n1. The number of imidazole rings is 1. The van der Waals surface area contributed by atoms with Gasteiger partial charge in [-0.05, 0) is 37.0 Å². The lowest BCUT2D eigenvalue weighted by molar-refractivity contribution is 0.0469. The van der Waals surface area contributed by atoms with Gasteiger partial charge in [0.15, 0.2) is 0 Å². The molecule has 3 rings (SSSR count). The minimum Gasteiger partial charge on any atom is -0.455 e. The summed E-state index contributed by atoms with van der Waals surface area (Å²) in [6.45, 7) is 3.95. The number of carbonyl (C=O) groups is 1. The number of aryl methyl sites for hydroxylation is 2. The molecule has 0 aliphatic rings. The molecule has 0 aliphatic carbocycles. The Bertz CT molecular complexity index is 837. The lowest BCUT2D eigenvalue weighted by Gasteiger charge is -2.04. The smallest absolute Gasteiger partial charge is 0.343 e. The molecular weight excluding hydrogens is 300 g/mol. The van der Waals surface area contributed by atoms with Gasteiger partial charge in [-0.1, -0.05) is 6.07 Å². The van der Waals surface area contributed by atoms with E-state index >= 15 is 0 Å². The summed E-state index contributed by atoms with van der Waals surface area (Å²) in [6, 6.07) is 3.93. The number of aromatic nitrogens is 3. The second kappa shape index (κ2) is 5.76. The lowest BCUT2D eigenvalue weighted by Crippen LogP contribution is -2.08. The van der Waals surface area contributed by atoms with Gasteiger partial charge in [-0.2, -0.15) is 4.37 Å². The topological polar surface area (TPSA) is 68.5 Å². The first-order valence-electron chi connectivity index (χ1n) is 6.84. The van der Waals surface area contributed by atoms with Crippen LogP contribution in [0.25, 0.3) is 5.65 Å². The summed E-state index contributed by atoms with van der Waals surface area (Å²) in [5.41, 5.74) is 3.86. The van der Waals surface area contributed by atoms with Crippen molar-refractivity contribution in [3.8, 4) is 0 Å². The molecule has 0 amide bonds. The third-order valence-electron chi connectivity index (χ3n) is 3.29. The molecule has 0 unspecified atom stereocenters. The highest BCUT2D eigenvalue weighted by molar-refractivity contribution is 7.10. The van der Waals surface area contributed by atoms with Gasteiger partial charge in [-0.25, -0.2) is 9.78 Å². The predicted octanol–water partition coefficient (Wildman–Crippen LogP) is 2.81. The second-order valence-corrected chi connectivity index (χ2v) is 5.78. The highest BCUT2D eigenvalue weighted by Gasteiger charge is 2.19. The summed E-state index contributed by atoms with van der Waals surface area (Å²) < 4.78 is 11.5. The first-order valence-corrected chi connectivity index (χ1v) is 7.61. The van der Waals surface area contributed by atoms with Crippen LogP contribution in [0.15, 0.2) is 24.5 Å². The van der Waals surface area contributed by atoms with E-state index in [1.807, 2.05) is 35.9 Å². The monoisotopic (exact) mass is 316 g/mol. The van der Waals surface area contributed by atoms with E-state index < -0.39 is 0 Å². The molecule has 0 saturated heterocycles. The Hall–Kier alpha value is -2.41. The average Bonchev–Trinajstić information content (AvgIpc) is 3.07. The molecular formula is C15H16N4O2S. The van der Waals surface area contributed by atoms with Crippen molar-refractivity contribution in [3.63, 3.8) is 0 Å².